The van der Waals surface area contributed by atoms with Gasteiger partial charge in [0, 0.05) is 12.1 Å². The fraction of sp³-hybridized carbons (Fsp3) is 0.200. The maximum Gasteiger partial charge on any atom is 0.305 e. The van der Waals surface area contributed by atoms with Crippen LogP contribution in [-0.2, 0) is 4.79 Å². The average Bonchev–Trinajstić information content (AvgIpc) is 2.18. The van der Waals surface area contributed by atoms with Crippen molar-refractivity contribution in [3.8, 4) is 5.75 Å². The third kappa shape index (κ3) is 3.68. The largest absolute Gasteiger partial charge is 0.508 e. The summed E-state index contributed by atoms with van der Waals surface area (Å²) >= 11 is 0. The molecule has 5 nitrogen and oxygen atoms in total. The zero-order chi connectivity index (χ0) is 11.3. The van der Waals surface area contributed by atoms with Gasteiger partial charge in [-0.25, -0.2) is 0 Å². The number of carboxylic acid groups (broad SMARTS) is 1. The third-order valence-corrected chi connectivity index (χ3v) is 1.75. The first-order chi connectivity index (χ1) is 7.09. The van der Waals surface area contributed by atoms with Gasteiger partial charge in [-0.05, 0) is 24.3 Å². The molecule has 1 aromatic rings. The predicted octanol–water partition coefficient (Wildman–Crippen LogP) is 0.597. The van der Waals surface area contributed by atoms with Crippen LogP contribution < -0.4 is 5.32 Å². The normalized spacial score (nSPS) is 9.60. The number of hydrogen-bond acceptors (Lipinski definition) is 3. The topological polar surface area (TPSA) is 86.6 Å². The molecule has 0 fully saturated rings. The van der Waals surface area contributed by atoms with E-state index in [4.69, 9.17) is 10.2 Å². The molecule has 0 aliphatic carbocycles. The molecule has 1 aromatic carbocycles. The van der Waals surface area contributed by atoms with E-state index in [1.54, 1.807) is 0 Å². The Balaban J connectivity index is 2.47. The summed E-state index contributed by atoms with van der Waals surface area (Å²) in [6, 6.07) is 5.72. The molecule has 0 aliphatic heterocycles. The van der Waals surface area contributed by atoms with Gasteiger partial charge in [-0.15, -0.1) is 0 Å². The van der Waals surface area contributed by atoms with Gasteiger partial charge in [0.15, 0.2) is 0 Å². The molecule has 0 spiro atoms. The molecule has 0 unspecified atom stereocenters. The third-order valence-electron chi connectivity index (χ3n) is 1.75. The van der Waals surface area contributed by atoms with Gasteiger partial charge in [0.1, 0.15) is 5.75 Å². The van der Waals surface area contributed by atoms with Crippen molar-refractivity contribution >= 4 is 11.9 Å². The summed E-state index contributed by atoms with van der Waals surface area (Å²) in [5.74, 6) is -1.23. The van der Waals surface area contributed by atoms with Gasteiger partial charge in [0.2, 0.25) is 0 Å². The van der Waals surface area contributed by atoms with Gasteiger partial charge >= 0.3 is 5.97 Å². The molecule has 0 aromatic heterocycles. The Morgan fingerprint density at radius 3 is 2.33 bits per heavy atom. The van der Waals surface area contributed by atoms with E-state index in [9.17, 15) is 9.59 Å². The number of phenolic OH excluding ortho intramolecular Hbond substituents is 1. The SMILES string of the molecule is O=C(O)CCNC(=O)c1ccc(O)cc1. The molecule has 0 aliphatic rings. The first-order valence-corrected chi connectivity index (χ1v) is 4.38. The standard InChI is InChI=1S/C10H11NO4/c12-8-3-1-7(2-4-8)10(15)11-6-5-9(13)14/h1-4,12H,5-6H2,(H,11,15)(H,13,14). The number of amides is 1. The molecule has 3 N–H and O–H groups in total. The van der Waals surface area contributed by atoms with Gasteiger partial charge in [0.05, 0.1) is 6.42 Å². The lowest BCUT2D eigenvalue weighted by molar-refractivity contribution is -0.136. The minimum atomic E-state index is -0.957. The first kappa shape index (κ1) is 11.0. The minimum Gasteiger partial charge on any atom is -0.508 e. The first-order valence-electron chi connectivity index (χ1n) is 4.38. The summed E-state index contributed by atoms with van der Waals surface area (Å²) in [5.41, 5.74) is 0.387. The molecular weight excluding hydrogens is 198 g/mol. The molecule has 0 heterocycles. The summed E-state index contributed by atoms with van der Waals surface area (Å²) < 4.78 is 0. The van der Waals surface area contributed by atoms with Crippen molar-refractivity contribution in [3.05, 3.63) is 29.8 Å². The smallest absolute Gasteiger partial charge is 0.305 e. The lowest BCUT2D eigenvalue weighted by Gasteiger charge is -2.03. The molecule has 5 heteroatoms. The van der Waals surface area contributed by atoms with E-state index in [0.717, 1.165) is 0 Å². The molecule has 0 bridgehead atoms. The second-order valence-corrected chi connectivity index (χ2v) is 2.95. The molecule has 0 atom stereocenters. The van der Waals surface area contributed by atoms with Gasteiger partial charge in [0.25, 0.3) is 5.91 Å². The van der Waals surface area contributed by atoms with Crippen LogP contribution in [0.15, 0.2) is 24.3 Å². The highest BCUT2D eigenvalue weighted by Gasteiger charge is 2.05. The number of nitrogens with one attached hydrogen (secondary N) is 1. The van der Waals surface area contributed by atoms with Gasteiger partial charge in [-0.2, -0.15) is 0 Å². The maximum atomic E-state index is 11.4. The Morgan fingerprint density at radius 2 is 1.80 bits per heavy atom. The van der Waals surface area contributed by atoms with Crippen molar-refractivity contribution in [3.63, 3.8) is 0 Å². The maximum absolute atomic E-state index is 11.4. The number of aliphatic carboxylic acids is 1. The lowest BCUT2D eigenvalue weighted by atomic mass is 10.2. The van der Waals surface area contributed by atoms with Crippen LogP contribution in [0.25, 0.3) is 0 Å². The molecular formula is C10H11NO4. The predicted molar refractivity (Wildman–Crippen MR) is 52.7 cm³/mol. The van der Waals surface area contributed by atoms with Gasteiger partial charge < -0.3 is 15.5 Å². The Labute approximate surface area is 86.4 Å². The number of phenols is 1. The molecule has 0 saturated carbocycles. The zero-order valence-electron chi connectivity index (χ0n) is 7.93. The van der Waals surface area contributed by atoms with Crippen LogP contribution in [0.2, 0.25) is 0 Å². The summed E-state index contributed by atoms with van der Waals surface area (Å²) in [7, 11) is 0. The number of hydrogen-bond donors (Lipinski definition) is 3. The van der Waals surface area contributed by atoms with Crippen molar-refractivity contribution < 1.29 is 19.8 Å². The highest BCUT2D eigenvalue weighted by molar-refractivity contribution is 5.94. The van der Waals surface area contributed by atoms with Crippen LogP contribution in [0.5, 0.6) is 5.75 Å². The second-order valence-electron chi connectivity index (χ2n) is 2.95. The highest BCUT2D eigenvalue weighted by Crippen LogP contribution is 2.09. The lowest BCUT2D eigenvalue weighted by Crippen LogP contribution is -2.25. The molecule has 0 radical (unpaired) electrons. The Bertz CT molecular complexity index is 358. The highest BCUT2D eigenvalue weighted by atomic mass is 16.4. The fourth-order valence-electron chi connectivity index (χ4n) is 0.998. The van der Waals surface area contributed by atoms with E-state index in [2.05, 4.69) is 5.32 Å². The number of aromatic hydroxyl groups is 1. The summed E-state index contributed by atoms with van der Waals surface area (Å²) in [6.45, 7) is 0.0923. The van der Waals surface area contributed by atoms with E-state index in [1.807, 2.05) is 0 Å². The molecule has 1 amide bonds. The molecule has 0 saturated heterocycles. The molecule has 80 valence electrons. The van der Waals surface area contributed by atoms with Gasteiger partial charge in [-0.1, -0.05) is 0 Å². The number of rotatable bonds is 4. The van der Waals surface area contributed by atoms with Crippen molar-refractivity contribution in [2.75, 3.05) is 6.54 Å². The van der Waals surface area contributed by atoms with E-state index < -0.39 is 5.97 Å². The van der Waals surface area contributed by atoms with E-state index in [0.29, 0.717) is 5.56 Å². The molecule has 15 heavy (non-hydrogen) atoms. The van der Waals surface area contributed by atoms with Crippen LogP contribution in [0.3, 0.4) is 0 Å². The summed E-state index contributed by atoms with van der Waals surface area (Å²) in [4.78, 5) is 21.5. The second kappa shape index (κ2) is 4.99. The Kier molecular flexibility index (Phi) is 3.68. The quantitative estimate of drug-likeness (QED) is 0.677. The molecule has 1 rings (SSSR count). The fourth-order valence-corrected chi connectivity index (χ4v) is 0.998. The van der Waals surface area contributed by atoms with Crippen LogP contribution in [-0.4, -0.2) is 28.6 Å². The number of benzene rings is 1. The van der Waals surface area contributed by atoms with Crippen molar-refractivity contribution in [2.45, 2.75) is 6.42 Å². The Hall–Kier alpha value is -2.04. The number of carbonyl (C=O) groups excluding carboxylic acids is 1. The summed E-state index contributed by atoms with van der Waals surface area (Å²) in [6.07, 6.45) is -0.107. The van der Waals surface area contributed by atoms with Crippen molar-refractivity contribution in [1.29, 1.82) is 0 Å². The van der Waals surface area contributed by atoms with Gasteiger partial charge in [-0.3, -0.25) is 9.59 Å². The van der Waals surface area contributed by atoms with Crippen molar-refractivity contribution in [1.82, 2.24) is 5.32 Å². The number of carboxylic acids is 1. The van der Waals surface area contributed by atoms with Crippen LogP contribution in [0.4, 0.5) is 0 Å². The van der Waals surface area contributed by atoms with Crippen molar-refractivity contribution in [2.24, 2.45) is 0 Å². The van der Waals surface area contributed by atoms with E-state index >= 15 is 0 Å². The number of carbonyl (C=O) groups is 2. The monoisotopic (exact) mass is 209 g/mol. The van der Waals surface area contributed by atoms with Crippen LogP contribution >= 0.6 is 0 Å². The van der Waals surface area contributed by atoms with E-state index in [1.165, 1.54) is 24.3 Å². The summed E-state index contributed by atoms with van der Waals surface area (Å²) in [5, 5.41) is 19.8. The van der Waals surface area contributed by atoms with Crippen LogP contribution in [0.1, 0.15) is 16.8 Å². The van der Waals surface area contributed by atoms with E-state index in [-0.39, 0.29) is 24.6 Å². The van der Waals surface area contributed by atoms with Crippen LogP contribution in [0, 0.1) is 0 Å². The Morgan fingerprint density at radius 1 is 1.20 bits per heavy atom. The zero-order valence-corrected chi connectivity index (χ0v) is 7.93. The minimum absolute atomic E-state index is 0.0806. The average molecular weight is 209 g/mol.